The van der Waals surface area contributed by atoms with E-state index in [1.165, 1.54) is 39.9 Å². The zero-order valence-corrected chi connectivity index (χ0v) is 18.0. The molecule has 1 aliphatic heterocycles. The van der Waals surface area contributed by atoms with Crippen molar-refractivity contribution in [1.29, 1.82) is 5.26 Å². The highest BCUT2D eigenvalue weighted by atomic mass is 32.2. The molecule has 1 saturated heterocycles. The summed E-state index contributed by atoms with van der Waals surface area (Å²) in [6.07, 6.45) is 2.69. The number of Topliss-reactive ketones (excluding diaryl/α,β-unsaturated/α-hetero) is 1. The van der Waals surface area contributed by atoms with Crippen molar-refractivity contribution in [2.24, 2.45) is 0 Å². The monoisotopic (exact) mass is 447 g/mol. The molecule has 0 amide bonds. The predicted octanol–water partition coefficient (Wildman–Crippen LogP) is 2.66. The Morgan fingerprint density at radius 2 is 1.90 bits per heavy atom. The smallest absolute Gasteiger partial charge is 0.338 e. The van der Waals surface area contributed by atoms with Crippen molar-refractivity contribution in [3.05, 3.63) is 45.9 Å². The van der Waals surface area contributed by atoms with Gasteiger partial charge in [0.15, 0.2) is 18.3 Å². The van der Waals surface area contributed by atoms with Gasteiger partial charge in [-0.25, -0.2) is 18.2 Å². The second kappa shape index (κ2) is 9.47. The molecule has 1 aromatic carbocycles. The Labute approximate surface area is 179 Å². The number of ketones is 1. The molecule has 0 radical (unpaired) electrons. The van der Waals surface area contributed by atoms with Crippen LogP contribution in [0.2, 0.25) is 0 Å². The number of esters is 1. The fourth-order valence-electron chi connectivity index (χ4n) is 3.09. The third-order valence-corrected chi connectivity index (χ3v) is 7.66. The zero-order valence-electron chi connectivity index (χ0n) is 16.4. The highest BCUT2D eigenvalue weighted by Gasteiger charge is 2.27. The van der Waals surface area contributed by atoms with Gasteiger partial charge in [0.25, 0.3) is 0 Å². The maximum absolute atomic E-state index is 12.7. The standard InChI is InChI=1S/C20H21N3O5S2/c1-14-13-29-19(22-14)17(11-21)18(24)12-28-20(25)15-5-7-16(8-6-15)30(26,27)23-9-3-2-4-10-23/h5-8,13,17H,2-4,9-10,12H2,1H3/t17-/m0/s1. The van der Waals surface area contributed by atoms with E-state index in [0.29, 0.717) is 23.8 Å². The highest BCUT2D eigenvalue weighted by Crippen LogP contribution is 2.22. The molecule has 0 spiro atoms. The van der Waals surface area contributed by atoms with Crippen LogP contribution in [0.4, 0.5) is 0 Å². The molecule has 0 bridgehead atoms. The van der Waals surface area contributed by atoms with E-state index in [-0.39, 0.29) is 10.5 Å². The second-order valence-electron chi connectivity index (χ2n) is 6.92. The number of ether oxygens (including phenoxy) is 1. The Kier molecular flexibility index (Phi) is 6.97. The number of thiazole rings is 1. The molecule has 1 aromatic heterocycles. The highest BCUT2D eigenvalue weighted by molar-refractivity contribution is 7.89. The molecule has 2 heterocycles. The number of aromatic nitrogens is 1. The number of rotatable bonds is 7. The van der Waals surface area contributed by atoms with Gasteiger partial charge in [0.05, 0.1) is 16.5 Å². The quantitative estimate of drug-likeness (QED) is 0.599. The topological polar surface area (TPSA) is 117 Å². The van der Waals surface area contributed by atoms with E-state index in [1.54, 1.807) is 12.3 Å². The number of nitrogens with zero attached hydrogens (tertiary/aromatic N) is 3. The lowest BCUT2D eigenvalue weighted by Gasteiger charge is -2.25. The SMILES string of the molecule is Cc1csc([C@@H](C#N)C(=O)COC(=O)c2ccc(S(=O)(=O)N3CCCCC3)cc2)n1. The molecule has 158 valence electrons. The Hall–Kier alpha value is -2.61. The van der Waals surface area contributed by atoms with Crippen molar-refractivity contribution in [1.82, 2.24) is 9.29 Å². The van der Waals surface area contributed by atoms with Crippen LogP contribution in [0.1, 0.15) is 46.2 Å². The van der Waals surface area contributed by atoms with Crippen LogP contribution in [0.25, 0.3) is 0 Å². The van der Waals surface area contributed by atoms with Crippen molar-refractivity contribution in [2.45, 2.75) is 37.0 Å². The number of nitriles is 1. The fourth-order valence-corrected chi connectivity index (χ4v) is 5.47. The zero-order chi connectivity index (χ0) is 21.7. The number of piperidine rings is 1. The summed E-state index contributed by atoms with van der Waals surface area (Å²) in [4.78, 5) is 28.7. The molecule has 3 rings (SSSR count). The van der Waals surface area contributed by atoms with E-state index < -0.39 is 34.3 Å². The summed E-state index contributed by atoms with van der Waals surface area (Å²) in [5.74, 6) is -2.42. The van der Waals surface area contributed by atoms with Crippen LogP contribution in [0.15, 0.2) is 34.5 Å². The van der Waals surface area contributed by atoms with Crippen molar-refractivity contribution in [2.75, 3.05) is 19.7 Å². The number of hydrogen-bond acceptors (Lipinski definition) is 8. The van der Waals surface area contributed by atoms with E-state index >= 15 is 0 Å². The minimum absolute atomic E-state index is 0.112. The minimum Gasteiger partial charge on any atom is -0.454 e. The second-order valence-corrected chi connectivity index (χ2v) is 9.75. The van der Waals surface area contributed by atoms with Crippen LogP contribution in [-0.4, -0.2) is 49.2 Å². The summed E-state index contributed by atoms with van der Waals surface area (Å²) < 4.78 is 31.8. The lowest BCUT2D eigenvalue weighted by molar-refractivity contribution is -0.122. The number of carbonyl (C=O) groups excluding carboxylic acids is 2. The Morgan fingerprint density at radius 1 is 1.23 bits per heavy atom. The van der Waals surface area contributed by atoms with Crippen LogP contribution in [0.5, 0.6) is 0 Å². The maximum atomic E-state index is 12.7. The summed E-state index contributed by atoms with van der Waals surface area (Å²) >= 11 is 1.20. The van der Waals surface area contributed by atoms with Gasteiger partial charge in [0, 0.05) is 24.2 Å². The first-order valence-corrected chi connectivity index (χ1v) is 11.8. The Balaban J connectivity index is 1.62. The molecule has 8 nitrogen and oxygen atoms in total. The van der Waals surface area contributed by atoms with E-state index in [9.17, 15) is 23.3 Å². The molecule has 1 aliphatic rings. The molecule has 1 atom stereocenters. The third kappa shape index (κ3) is 4.92. The van der Waals surface area contributed by atoms with Crippen LogP contribution >= 0.6 is 11.3 Å². The lowest BCUT2D eigenvalue weighted by Crippen LogP contribution is -2.35. The van der Waals surface area contributed by atoms with Gasteiger partial charge >= 0.3 is 5.97 Å². The normalized spacial score (nSPS) is 15.9. The number of aryl methyl sites for hydroxylation is 1. The van der Waals surface area contributed by atoms with Crippen LogP contribution in [-0.2, 0) is 19.6 Å². The fraction of sp³-hybridized carbons (Fsp3) is 0.400. The first-order chi connectivity index (χ1) is 14.3. The molecule has 0 aliphatic carbocycles. The minimum atomic E-state index is -3.59. The van der Waals surface area contributed by atoms with E-state index in [0.717, 1.165) is 19.3 Å². The number of benzene rings is 1. The largest absolute Gasteiger partial charge is 0.454 e. The van der Waals surface area contributed by atoms with Gasteiger partial charge in [-0.2, -0.15) is 9.57 Å². The van der Waals surface area contributed by atoms with Crippen molar-refractivity contribution >= 4 is 33.1 Å². The number of sulfonamides is 1. The average Bonchev–Trinajstić information content (AvgIpc) is 3.19. The van der Waals surface area contributed by atoms with Crippen LogP contribution < -0.4 is 0 Å². The Bertz CT molecular complexity index is 1060. The van der Waals surface area contributed by atoms with Gasteiger partial charge in [-0.05, 0) is 44.0 Å². The molecule has 10 heteroatoms. The van der Waals surface area contributed by atoms with E-state index in [1.807, 2.05) is 6.07 Å². The molecule has 1 fully saturated rings. The lowest BCUT2D eigenvalue weighted by atomic mass is 10.1. The summed E-state index contributed by atoms with van der Waals surface area (Å²) in [6, 6.07) is 7.32. The first kappa shape index (κ1) is 22.1. The van der Waals surface area contributed by atoms with Gasteiger partial charge in [-0.3, -0.25) is 4.79 Å². The van der Waals surface area contributed by atoms with Gasteiger partial charge < -0.3 is 4.74 Å². The molecular weight excluding hydrogens is 426 g/mol. The van der Waals surface area contributed by atoms with Crippen LogP contribution in [0.3, 0.4) is 0 Å². The van der Waals surface area contributed by atoms with Crippen molar-refractivity contribution in [3.8, 4) is 6.07 Å². The van der Waals surface area contributed by atoms with E-state index in [4.69, 9.17) is 4.74 Å². The maximum Gasteiger partial charge on any atom is 0.338 e. The number of carbonyl (C=O) groups is 2. The molecule has 0 unspecified atom stereocenters. The summed E-state index contributed by atoms with van der Waals surface area (Å²) in [5.41, 5.74) is 0.832. The summed E-state index contributed by atoms with van der Waals surface area (Å²) in [6.45, 7) is 2.18. The summed E-state index contributed by atoms with van der Waals surface area (Å²) in [5, 5.41) is 11.3. The van der Waals surface area contributed by atoms with Gasteiger partial charge in [0.1, 0.15) is 5.01 Å². The van der Waals surface area contributed by atoms with E-state index in [2.05, 4.69) is 4.98 Å². The van der Waals surface area contributed by atoms with Gasteiger partial charge in [0.2, 0.25) is 10.0 Å². The van der Waals surface area contributed by atoms with Crippen molar-refractivity contribution < 1.29 is 22.7 Å². The molecule has 30 heavy (non-hydrogen) atoms. The summed E-state index contributed by atoms with van der Waals surface area (Å²) in [7, 11) is -3.59. The van der Waals surface area contributed by atoms with Crippen molar-refractivity contribution in [3.63, 3.8) is 0 Å². The van der Waals surface area contributed by atoms with Crippen LogP contribution in [0, 0.1) is 18.3 Å². The molecule has 0 saturated carbocycles. The predicted molar refractivity (Wildman–Crippen MR) is 110 cm³/mol. The molecule has 2 aromatic rings. The molecular formula is C20H21N3O5S2. The number of hydrogen-bond donors (Lipinski definition) is 0. The van der Waals surface area contributed by atoms with Gasteiger partial charge in [-0.1, -0.05) is 6.42 Å². The third-order valence-electron chi connectivity index (χ3n) is 4.72. The van der Waals surface area contributed by atoms with Gasteiger partial charge in [-0.15, -0.1) is 11.3 Å². The first-order valence-electron chi connectivity index (χ1n) is 9.44. The average molecular weight is 448 g/mol. The molecule has 0 N–H and O–H groups in total. The Morgan fingerprint density at radius 3 is 2.47 bits per heavy atom.